The number of hydrogen-bond donors (Lipinski definition) is 2. The Morgan fingerprint density at radius 3 is 2.50 bits per heavy atom. The fourth-order valence-corrected chi connectivity index (χ4v) is 4.22. The molecule has 3 amide bonds. The third-order valence-corrected chi connectivity index (χ3v) is 6.15. The van der Waals surface area contributed by atoms with Crippen LogP contribution in [0.2, 0.25) is 10.0 Å². The van der Waals surface area contributed by atoms with Crippen LogP contribution in [0.1, 0.15) is 34.3 Å². The molecule has 0 atom stereocenters. The quantitative estimate of drug-likeness (QED) is 0.472. The highest BCUT2D eigenvalue weighted by molar-refractivity contribution is 6.33. The SMILES string of the molecule is O=C(NCc1ccc(C(=O)N2CCCCc3ccccc32)cc1Cl)Nc1ccccc1Cl. The number of aryl methyl sites for hydroxylation is 1. The number of halogens is 2. The molecule has 0 saturated carbocycles. The Morgan fingerprint density at radius 2 is 1.69 bits per heavy atom. The maximum absolute atomic E-state index is 13.3. The molecule has 0 radical (unpaired) electrons. The van der Waals surface area contributed by atoms with Crippen molar-refractivity contribution >= 4 is 46.5 Å². The topological polar surface area (TPSA) is 61.4 Å². The van der Waals surface area contributed by atoms with E-state index in [1.54, 1.807) is 42.5 Å². The summed E-state index contributed by atoms with van der Waals surface area (Å²) in [5.41, 5.74) is 3.92. The third kappa shape index (κ3) is 5.06. The van der Waals surface area contributed by atoms with Gasteiger partial charge in [0.05, 0.1) is 10.7 Å². The minimum atomic E-state index is -0.393. The number of nitrogens with zero attached hydrogens (tertiary/aromatic N) is 1. The van der Waals surface area contributed by atoms with E-state index in [9.17, 15) is 9.59 Å². The second-order valence-electron chi connectivity index (χ2n) is 7.64. The van der Waals surface area contributed by atoms with Gasteiger partial charge in [-0.25, -0.2) is 4.79 Å². The summed E-state index contributed by atoms with van der Waals surface area (Å²) in [4.78, 5) is 27.3. The van der Waals surface area contributed by atoms with Crippen LogP contribution in [0.25, 0.3) is 0 Å². The van der Waals surface area contributed by atoms with Crippen LogP contribution in [0.3, 0.4) is 0 Å². The molecule has 0 spiro atoms. The monoisotopic (exact) mass is 467 g/mol. The van der Waals surface area contributed by atoms with Gasteiger partial charge in [-0.2, -0.15) is 0 Å². The molecule has 2 N–H and O–H groups in total. The lowest BCUT2D eigenvalue weighted by atomic mass is 10.1. The maximum atomic E-state index is 13.3. The average Bonchev–Trinajstić information content (AvgIpc) is 3.02. The molecule has 1 heterocycles. The maximum Gasteiger partial charge on any atom is 0.319 e. The summed E-state index contributed by atoms with van der Waals surface area (Å²) in [5, 5.41) is 6.35. The second-order valence-corrected chi connectivity index (χ2v) is 8.45. The van der Waals surface area contributed by atoms with E-state index in [0.717, 1.165) is 24.9 Å². The number of urea groups is 1. The average molecular weight is 468 g/mol. The van der Waals surface area contributed by atoms with Gasteiger partial charge in [0.15, 0.2) is 0 Å². The van der Waals surface area contributed by atoms with Crippen LogP contribution in [0.5, 0.6) is 0 Å². The summed E-state index contributed by atoms with van der Waals surface area (Å²) in [6.07, 6.45) is 2.99. The van der Waals surface area contributed by atoms with Crippen molar-refractivity contribution in [2.75, 3.05) is 16.8 Å². The van der Waals surface area contributed by atoms with Gasteiger partial charge in [-0.15, -0.1) is 0 Å². The molecule has 1 aliphatic rings. The van der Waals surface area contributed by atoms with Gasteiger partial charge in [0.1, 0.15) is 0 Å². The van der Waals surface area contributed by atoms with Crippen LogP contribution in [-0.4, -0.2) is 18.5 Å². The Labute approximate surface area is 197 Å². The zero-order valence-electron chi connectivity index (χ0n) is 17.4. The van der Waals surface area contributed by atoms with Crippen LogP contribution in [0.15, 0.2) is 66.7 Å². The lowest BCUT2D eigenvalue weighted by Crippen LogP contribution is -2.32. The Balaban J connectivity index is 1.44. The van der Waals surface area contributed by atoms with E-state index < -0.39 is 6.03 Å². The highest BCUT2D eigenvalue weighted by atomic mass is 35.5. The van der Waals surface area contributed by atoms with Gasteiger partial charge < -0.3 is 15.5 Å². The summed E-state index contributed by atoms with van der Waals surface area (Å²) >= 11 is 12.5. The fourth-order valence-electron chi connectivity index (χ4n) is 3.79. The molecule has 7 heteroatoms. The van der Waals surface area contributed by atoms with E-state index in [0.29, 0.717) is 33.4 Å². The summed E-state index contributed by atoms with van der Waals surface area (Å²) in [6.45, 7) is 0.898. The number of hydrogen-bond acceptors (Lipinski definition) is 2. The molecule has 0 unspecified atom stereocenters. The second kappa shape index (κ2) is 10.1. The summed E-state index contributed by atoms with van der Waals surface area (Å²) in [6, 6.07) is 19.8. The predicted octanol–water partition coefficient (Wildman–Crippen LogP) is 6.30. The van der Waals surface area contributed by atoms with Crippen LogP contribution >= 0.6 is 23.2 Å². The molecule has 0 fully saturated rings. The number of para-hydroxylation sites is 2. The first kappa shape index (κ1) is 22.2. The van der Waals surface area contributed by atoms with Crippen LogP contribution in [-0.2, 0) is 13.0 Å². The zero-order valence-corrected chi connectivity index (χ0v) is 18.9. The Kier molecular flexibility index (Phi) is 6.98. The van der Waals surface area contributed by atoms with Crippen molar-refractivity contribution in [2.24, 2.45) is 0 Å². The molecule has 0 aromatic heterocycles. The van der Waals surface area contributed by atoms with E-state index in [1.807, 2.05) is 23.1 Å². The molecule has 3 aromatic carbocycles. The molecule has 0 aliphatic carbocycles. The first-order valence-electron chi connectivity index (χ1n) is 10.5. The summed E-state index contributed by atoms with van der Waals surface area (Å²) in [5.74, 6) is -0.0720. The van der Waals surface area contributed by atoms with Crippen molar-refractivity contribution in [1.82, 2.24) is 5.32 Å². The van der Waals surface area contributed by atoms with E-state index in [2.05, 4.69) is 16.7 Å². The fraction of sp³-hybridized carbons (Fsp3) is 0.200. The Bertz CT molecular complexity index is 1150. The standard InChI is InChI=1S/C25H23Cl2N3O2/c26-20-9-2-3-10-22(20)29-25(32)28-16-19-13-12-18(15-21(19)27)24(31)30-14-6-5-8-17-7-1-4-11-23(17)30/h1-4,7,9-13,15H,5-6,8,14,16H2,(H2,28,29,32). The highest BCUT2D eigenvalue weighted by Crippen LogP contribution is 2.28. The van der Waals surface area contributed by atoms with Gasteiger partial charge in [-0.05, 0) is 60.7 Å². The van der Waals surface area contributed by atoms with Crippen LogP contribution < -0.4 is 15.5 Å². The molecular formula is C25H23Cl2N3O2. The molecule has 0 bridgehead atoms. The first-order chi connectivity index (χ1) is 15.5. The summed E-state index contributed by atoms with van der Waals surface area (Å²) in [7, 11) is 0. The molecule has 0 saturated heterocycles. The molecule has 3 aromatic rings. The lowest BCUT2D eigenvalue weighted by Gasteiger charge is -2.23. The Morgan fingerprint density at radius 1 is 0.906 bits per heavy atom. The van der Waals surface area contributed by atoms with Gasteiger partial charge in [-0.3, -0.25) is 4.79 Å². The number of carbonyl (C=O) groups is 2. The number of nitrogens with one attached hydrogen (secondary N) is 2. The van der Waals surface area contributed by atoms with Crippen molar-refractivity contribution < 1.29 is 9.59 Å². The largest absolute Gasteiger partial charge is 0.334 e. The molecule has 5 nitrogen and oxygen atoms in total. The van der Waals surface area contributed by atoms with Gasteiger partial charge in [0.25, 0.3) is 5.91 Å². The van der Waals surface area contributed by atoms with E-state index in [1.165, 1.54) is 5.56 Å². The number of rotatable bonds is 4. The van der Waals surface area contributed by atoms with Crippen molar-refractivity contribution in [3.63, 3.8) is 0 Å². The zero-order chi connectivity index (χ0) is 22.5. The molecule has 4 rings (SSSR count). The minimum Gasteiger partial charge on any atom is -0.334 e. The van der Waals surface area contributed by atoms with Gasteiger partial charge in [-0.1, -0.05) is 59.6 Å². The molecule has 1 aliphatic heterocycles. The normalized spacial score (nSPS) is 13.1. The number of fused-ring (bicyclic) bond motifs is 1. The minimum absolute atomic E-state index is 0.0720. The Hall–Kier alpha value is -3.02. The third-order valence-electron chi connectivity index (χ3n) is 5.47. The van der Waals surface area contributed by atoms with Gasteiger partial charge >= 0.3 is 6.03 Å². The predicted molar refractivity (Wildman–Crippen MR) is 130 cm³/mol. The summed E-state index contributed by atoms with van der Waals surface area (Å²) < 4.78 is 0. The molecule has 164 valence electrons. The number of carbonyl (C=O) groups excluding carboxylic acids is 2. The highest BCUT2D eigenvalue weighted by Gasteiger charge is 2.22. The number of benzene rings is 3. The number of anilines is 2. The van der Waals surface area contributed by atoms with Gasteiger partial charge in [0.2, 0.25) is 0 Å². The van der Waals surface area contributed by atoms with E-state index >= 15 is 0 Å². The first-order valence-corrected chi connectivity index (χ1v) is 11.3. The van der Waals surface area contributed by atoms with E-state index in [-0.39, 0.29) is 12.5 Å². The lowest BCUT2D eigenvalue weighted by molar-refractivity contribution is 0.0987. The molecule has 32 heavy (non-hydrogen) atoms. The molecular weight excluding hydrogens is 445 g/mol. The van der Waals surface area contributed by atoms with Crippen LogP contribution in [0.4, 0.5) is 16.2 Å². The smallest absolute Gasteiger partial charge is 0.319 e. The van der Waals surface area contributed by atoms with Gasteiger partial charge in [0, 0.05) is 29.4 Å². The van der Waals surface area contributed by atoms with Crippen molar-refractivity contribution in [3.8, 4) is 0 Å². The van der Waals surface area contributed by atoms with Crippen LogP contribution in [0, 0.1) is 0 Å². The number of amides is 3. The van der Waals surface area contributed by atoms with Crippen molar-refractivity contribution in [2.45, 2.75) is 25.8 Å². The van der Waals surface area contributed by atoms with Crippen molar-refractivity contribution in [3.05, 3.63) is 93.5 Å². The van der Waals surface area contributed by atoms with Crippen molar-refractivity contribution in [1.29, 1.82) is 0 Å². The van der Waals surface area contributed by atoms with E-state index in [4.69, 9.17) is 23.2 Å².